The van der Waals surface area contributed by atoms with Gasteiger partial charge in [0, 0.05) is 36.4 Å². The maximum Gasteiger partial charge on any atom is 0.333 e. The van der Waals surface area contributed by atoms with E-state index in [0.717, 1.165) is 29.4 Å². The van der Waals surface area contributed by atoms with Gasteiger partial charge in [0.05, 0.1) is 0 Å². The molecule has 2 aromatic heterocycles. The van der Waals surface area contributed by atoms with E-state index < -0.39 is 11.2 Å². The lowest BCUT2D eigenvalue weighted by atomic mass is 10.1. The normalized spacial score (nSPS) is 14.3. The maximum absolute atomic E-state index is 13.0. The minimum Gasteiger partial charge on any atom is -0.341 e. The Kier molecular flexibility index (Phi) is 5.67. The molecule has 0 saturated carbocycles. The van der Waals surface area contributed by atoms with Crippen molar-refractivity contribution in [2.24, 2.45) is 0 Å². The van der Waals surface area contributed by atoms with Gasteiger partial charge in [-0.1, -0.05) is 11.6 Å². The minimum absolute atomic E-state index is 0.209. The monoisotopic (exact) mass is 427 g/mol. The second kappa shape index (κ2) is 8.39. The van der Waals surface area contributed by atoms with Crippen LogP contribution in [0, 0.1) is 0 Å². The molecule has 3 heterocycles. The van der Waals surface area contributed by atoms with E-state index in [4.69, 9.17) is 11.6 Å². The second-order valence-corrected chi connectivity index (χ2v) is 7.73. The van der Waals surface area contributed by atoms with Crippen LogP contribution in [0.25, 0.3) is 22.4 Å². The summed E-state index contributed by atoms with van der Waals surface area (Å²) in [7, 11) is 0. The van der Waals surface area contributed by atoms with Gasteiger partial charge in [0.15, 0.2) is 11.5 Å². The number of fused-ring (bicyclic) bond motifs is 1. The van der Waals surface area contributed by atoms with E-state index >= 15 is 0 Å². The van der Waals surface area contributed by atoms with Gasteiger partial charge in [0.25, 0.3) is 5.56 Å². The summed E-state index contributed by atoms with van der Waals surface area (Å²) in [6.45, 7) is 3.16. The Morgan fingerprint density at radius 2 is 1.77 bits per heavy atom. The average molecular weight is 428 g/mol. The highest BCUT2D eigenvalue weighted by molar-refractivity contribution is 6.30. The molecular weight excluding hydrogens is 406 g/mol. The zero-order chi connectivity index (χ0) is 21.3. The molecule has 0 radical (unpaired) electrons. The van der Waals surface area contributed by atoms with Crippen molar-refractivity contribution >= 4 is 28.5 Å². The van der Waals surface area contributed by atoms with E-state index in [1.54, 1.807) is 36.1 Å². The summed E-state index contributed by atoms with van der Waals surface area (Å²) in [5.74, 6) is 0.178. The zero-order valence-electron chi connectivity index (χ0n) is 16.7. The number of nitrogens with zero attached hydrogens (tertiary/aromatic N) is 5. The van der Waals surface area contributed by atoms with Crippen molar-refractivity contribution < 1.29 is 4.79 Å². The largest absolute Gasteiger partial charge is 0.341 e. The van der Waals surface area contributed by atoms with Gasteiger partial charge in [-0.25, -0.2) is 14.8 Å². The van der Waals surface area contributed by atoms with Crippen molar-refractivity contribution in [1.82, 2.24) is 24.0 Å². The molecule has 9 heteroatoms. The first-order chi connectivity index (χ1) is 14.5. The number of rotatable bonds is 4. The van der Waals surface area contributed by atoms with E-state index in [2.05, 4.69) is 9.97 Å². The first-order valence-corrected chi connectivity index (χ1v) is 10.4. The Morgan fingerprint density at radius 1 is 1.07 bits per heavy atom. The lowest BCUT2D eigenvalue weighted by molar-refractivity contribution is -0.132. The van der Waals surface area contributed by atoms with E-state index in [1.165, 1.54) is 10.8 Å². The van der Waals surface area contributed by atoms with Gasteiger partial charge in [-0.15, -0.1) is 0 Å². The number of benzene rings is 1. The van der Waals surface area contributed by atoms with Crippen LogP contribution in [0.15, 0.2) is 40.1 Å². The number of carbonyl (C=O) groups excluding carboxylic acids is 1. The number of carbonyl (C=O) groups is 1. The minimum atomic E-state index is -0.548. The number of aromatic nitrogens is 4. The molecule has 1 aromatic carbocycles. The second-order valence-electron chi connectivity index (χ2n) is 7.30. The number of halogens is 1. The highest BCUT2D eigenvalue weighted by Crippen LogP contribution is 2.19. The fourth-order valence-electron chi connectivity index (χ4n) is 3.74. The molecule has 1 amide bonds. The van der Waals surface area contributed by atoms with E-state index in [-0.39, 0.29) is 23.5 Å². The van der Waals surface area contributed by atoms with Gasteiger partial charge in [-0.05, 0) is 50.5 Å². The number of hydrogen-bond donors (Lipinski definition) is 0. The summed E-state index contributed by atoms with van der Waals surface area (Å²) in [5.41, 5.74) is -0.108. The third-order valence-corrected chi connectivity index (χ3v) is 5.63. The van der Waals surface area contributed by atoms with Crippen LogP contribution in [-0.2, 0) is 17.9 Å². The lowest BCUT2D eigenvalue weighted by Crippen LogP contribution is -2.46. The quantitative estimate of drug-likeness (QED) is 0.637. The lowest BCUT2D eigenvalue weighted by Gasteiger charge is -2.26. The number of piperidine rings is 1. The van der Waals surface area contributed by atoms with Crippen molar-refractivity contribution in [1.29, 1.82) is 0 Å². The third-order valence-electron chi connectivity index (χ3n) is 5.38. The fraction of sp³-hybridized carbons (Fsp3) is 0.381. The molecule has 0 bridgehead atoms. The molecule has 0 N–H and O–H groups in total. The van der Waals surface area contributed by atoms with Crippen LogP contribution in [0.4, 0.5) is 0 Å². The first-order valence-electron chi connectivity index (χ1n) is 10.0. The molecule has 3 aromatic rings. The van der Waals surface area contributed by atoms with Crippen molar-refractivity contribution in [2.75, 3.05) is 13.1 Å². The Bertz CT molecular complexity index is 1210. The van der Waals surface area contributed by atoms with Crippen LogP contribution in [0.3, 0.4) is 0 Å². The van der Waals surface area contributed by atoms with Crippen molar-refractivity contribution in [2.45, 2.75) is 39.3 Å². The van der Waals surface area contributed by atoms with Gasteiger partial charge in [-0.2, -0.15) is 0 Å². The SMILES string of the molecule is CCn1c(=O)n(CC(=O)N2CCCCC2)c(=O)c2cnc(-c3ccc(Cl)cc3)nc21. The molecule has 1 aliphatic rings. The number of hydrogen-bond acceptors (Lipinski definition) is 5. The molecule has 30 heavy (non-hydrogen) atoms. The zero-order valence-corrected chi connectivity index (χ0v) is 17.4. The highest BCUT2D eigenvalue weighted by Gasteiger charge is 2.21. The Morgan fingerprint density at radius 3 is 2.43 bits per heavy atom. The molecule has 0 atom stereocenters. The maximum atomic E-state index is 13.0. The summed E-state index contributed by atoms with van der Waals surface area (Å²) in [6, 6.07) is 7.00. The van der Waals surface area contributed by atoms with Gasteiger partial charge in [0.1, 0.15) is 11.9 Å². The number of aryl methyl sites for hydroxylation is 1. The number of amides is 1. The van der Waals surface area contributed by atoms with Gasteiger partial charge in [0.2, 0.25) is 5.91 Å². The molecule has 1 aliphatic heterocycles. The average Bonchev–Trinajstić information content (AvgIpc) is 2.77. The van der Waals surface area contributed by atoms with Crippen LogP contribution in [0.5, 0.6) is 0 Å². The summed E-state index contributed by atoms with van der Waals surface area (Å²) in [4.78, 5) is 49.2. The summed E-state index contributed by atoms with van der Waals surface area (Å²) in [6.07, 6.45) is 4.40. The van der Waals surface area contributed by atoms with E-state index in [1.807, 2.05) is 0 Å². The van der Waals surface area contributed by atoms with Crippen LogP contribution in [-0.4, -0.2) is 43.0 Å². The van der Waals surface area contributed by atoms with Gasteiger partial charge in [-0.3, -0.25) is 18.7 Å². The number of likely N-dealkylation sites (tertiary alicyclic amines) is 1. The highest BCUT2D eigenvalue weighted by atomic mass is 35.5. The van der Waals surface area contributed by atoms with Crippen LogP contribution >= 0.6 is 11.6 Å². The van der Waals surface area contributed by atoms with Crippen molar-refractivity contribution in [3.05, 3.63) is 56.3 Å². The smallest absolute Gasteiger partial charge is 0.333 e. The van der Waals surface area contributed by atoms with Crippen LogP contribution in [0.2, 0.25) is 5.02 Å². The molecule has 8 nitrogen and oxygen atoms in total. The first kappa shape index (κ1) is 20.3. The van der Waals surface area contributed by atoms with Crippen LogP contribution < -0.4 is 11.2 Å². The summed E-state index contributed by atoms with van der Waals surface area (Å²) >= 11 is 5.94. The van der Waals surface area contributed by atoms with Gasteiger partial charge < -0.3 is 4.90 Å². The van der Waals surface area contributed by atoms with Crippen molar-refractivity contribution in [3.8, 4) is 11.4 Å². The molecule has 0 spiro atoms. The van der Waals surface area contributed by atoms with E-state index in [9.17, 15) is 14.4 Å². The molecular formula is C21H22ClN5O3. The predicted molar refractivity (Wildman–Crippen MR) is 115 cm³/mol. The Balaban J connectivity index is 1.79. The molecule has 156 valence electrons. The molecule has 4 rings (SSSR count). The Hall–Kier alpha value is -3.00. The molecule has 0 aliphatic carbocycles. The predicted octanol–water partition coefficient (Wildman–Crippen LogP) is 2.31. The van der Waals surface area contributed by atoms with Crippen molar-refractivity contribution in [3.63, 3.8) is 0 Å². The molecule has 1 saturated heterocycles. The molecule has 1 fully saturated rings. The third kappa shape index (κ3) is 3.75. The molecule has 0 unspecified atom stereocenters. The standard InChI is InChI=1S/C21H22ClN5O3/c1-2-26-19-16(12-23-18(24-19)14-6-8-15(22)9-7-14)20(29)27(21(26)30)13-17(28)25-10-4-3-5-11-25/h6-9,12H,2-5,10-11,13H2,1H3. The summed E-state index contributed by atoms with van der Waals surface area (Å²) < 4.78 is 2.40. The summed E-state index contributed by atoms with van der Waals surface area (Å²) in [5, 5.41) is 0.798. The Labute approximate surface area is 177 Å². The van der Waals surface area contributed by atoms with E-state index in [0.29, 0.717) is 30.5 Å². The fourth-order valence-corrected chi connectivity index (χ4v) is 3.87. The topological polar surface area (TPSA) is 90.1 Å². The van der Waals surface area contributed by atoms with Crippen LogP contribution in [0.1, 0.15) is 26.2 Å². The van der Waals surface area contributed by atoms with Gasteiger partial charge >= 0.3 is 5.69 Å².